The Balaban J connectivity index is 3.02. The topological polar surface area (TPSA) is 122 Å². The second-order valence-corrected chi connectivity index (χ2v) is 6.39. The second kappa shape index (κ2) is 7.79. The lowest BCUT2D eigenvalue weighted by Crippen LogP contribution is -2.43. The Morgan fingerprint density at radius 2 is 2.08 bits per heavy atom. The van der Waals surface area contributed by atoms with Crippen LogP contribution in [-0.4, -0.2) is 27.8 Å². The number of carbonyl (C=O) groups excluding carboxylic acids is 2. The van der Waals surface area contributed by atoms with Crippen molar-refractivity contribution >= 4 is 29.5 Å². The van der Waals surface area contributed by atoms with Gasteiger partial charge in [0.1, 0.15) is 11.6 Å². The van der Waals surface area contributed by atoms with Gasteiger partial charge in [0.25, 0.3) is 5.69 Å². The van der Waals surface area contributed by atoms with Crippen LogP contribution in [0.4, 0.5) is 10.5 Å². The van der Waals surface area contributed by atoms with Gasteiger partial charge >= 0.3 is 6.09 Å². The van der Waals surface area contributed by atoms with Gasteiger partial charge in [-0.25, -0.2) is 4.79 Å². The summed E-state index contributed by atoms with van der Waals surface area (Å²) in [5.74, 6) is 0. The predicted octanol–water partition coefficient (Wildman–Crippen LogP) is 2.36. The van der Waals surface area contributed by atoms with E-state index in [-0.39, 0.29) is 23.2 Å². The van der Waals surface area contributed by atoms with E-state index >= 15 is 0 Å². The highest BCUT2D eigenvalue weighted by molar-refractivity contribution is 7.96. The first-order valence-corrected chi connectivity index (χ1v) is 7.38. The van der Waals surface area contributed by atoms with E-state index in [0.29, 0.717) is 0 Å². The molecule has 0 aliphatic rings. The number of hydrogen-bond acceptors (Lipinski definition) is 6. The molecule has 0 bridgehead atoms. The number of hydrogen-bond donors (Lipinski definition) is 2. The number of amides is 1. The minimum atomic E-state index is -1.10. The highest BCUT2D eigenvalue weighted by atomic mass is 32.1. The number of nitro benzene ring substituents is 1. The highest BCUT2D eigenvalue weighted by Crippen LogP contribution is 2.22. The fourth-order valence-electron chi connectivity index (χ4n) is 1.85. The third kappa shape index (κ3) is 5.89. The Hall–Kier alpha value is -2.60. The lowest BCUT2D eigenvalue weighted by atomic mass is 10.0. The molecule has 8 nitrogen and oxygen atoms in total. The molecule has 24 heavy (non-hydrogen) atoms. The smallest absolute Gasteiger partial charge is 0.408 e. The van der Waals surface area contributed by atoms with Crippen LogP contribution >= 0.6 is 12.6 Å². The number of carbonyl (C=O) groups is 2. The summed E-state index contributed by atoms with van der Waals surface area (Å²) < 4.78 is 5.06. The van der Waals surface area contributed by atoms with Gasteiger partial charge in [0.2, 0.25) is 5.12 Å². The number of nitriles is 1. The number of nitrogens with zero attached hydrogens (tertiary/aromatic N) is 2. The summed E-state index contributed by atoms with van der Waals surface area (Å²) in [6, 6.07) is 4.59. The second-order valence-electron chi connectivity index (χ2n) is 5.95. The van der Waals surface area contributed by atoms with Crippen LogP contribution in [0.25, 0.3) is 0 Å². The molecule has 1 aromatic carbocycles. The lowest BCUT2D eigenvalue weighted by molar-refractivity contribution is -0.385. The quantitative estimate of drug-likeness (QED) is 0.477. The maximum atomic E-state index is 11.8. The first-order chi connectivity index (χ1) is 11.0. The van der Waals surface area contributed by atoms with Crippen molar-refractivity contribution in [2.45, 2.75) is 38.8 Å². The normalized spacial score (nSPS) is 12.0. The summed E-state index contributed by atoms with van der Waals surface area (Å²) >= 11 is 3.70. The van der Waals surface area contributed by atoms with Crippen LogP contribution in [0.1, 0.15) is 31.9 Å². The van der Waals surface area contributed by atoms with Crippen molar-refractivity contribution < 1.29 is 19.2 Å². The van der Waals surface area contributed by atoms with Crippen LogP contribution in [0.5, 0.6) is 0 Å². The first-order valence-electron chi connectivity index (χ1n) is 6.93. The molecule has 1 aromatic rings. The lowest BCUT2D eigenvalue weighted by Gasteiger charge is -2.22. The summed E-state index contributed by atoms with van der Waals surface area (Å²) in [6.45, 7) is 4.99. The summed E-state index contributed by atoms with van der Waals surface area (Å²) in [6.07, 6.45) is -0.977. The molecule has 1 rings (SSSR count). The van der Waals surface area contributed by atoms with E-state index in [4.69, 9.17) is 10.00 Å². The summed E-state index contributed by atoms with van der Waals surface area (Å²) in [7, 11) is 0. The van der Waals surface area contributed by atoms with Gasteiger partial charge in [-0.3, -0.25) is 14.9 Å². The van der Waals surface area contributed by atoms with E-state index in [0.717, 1.165) is 6.07 Å². The zero-order chi connectivity index (χ0) is 18.5. The number of alkyl carbamates (subject to hydrolysis) is 1. The fraction of sp³-hybridized carbons (Fsp3) is 0.400. The van der Waals surface area contributed by atoms with E-state index in [1.165, 1.54) is 12.1 Å². The Bertz CT molecular complexity index is 706. The van der Waals surface area contributed by atoms with Crippen molar-refractivity contribution in [3.8, 4) is 6.07 Å². The average molecular weight is 351 g/mol. The maximum Gasteiger partial charge on any atom is 0.408 e. The van der Waals surface area contributed by atoms with Gasteiger partial charge in [0, 0.05) is 18.1 Å². The molecule has 1 amide bonds. The van der Waals surface area contributed by atoms with Crippen molar-refractivity contribution in [2.75, 3.05) is 0 Å². The molecular weight excluding hydrogens is 334 g/mol. The number of nitrogens with one attached hydrogen (secondary N) is 1. The Kier molecular flexibility index (Phi) is 6.31. The summed E-state index contributed by atoms with van der Waals surface area (Å²) in [5.41, 5.74) is -0.740. The molecular formula is C15H17N3O5S. The zero-order valence-electron chi connectivity index (χ0n) is 13.4. The van der Waals surface area contributed by atoms with Crippen molar-refractivity contribution in [1.82, 2.24) is 5.32 Å². The minimum absolute atomic E-state index is 0.124. The van der Waals surface area contributed by atoms with Gasteiger partial charge in [0.05, 0.1) is 16.6 Å². The van der Waals surface area contributed by atoms with Crippen molar-refractivity contribution in [3.63, 3.8) is 0 Å². The number of thiol groups is 1. The van der Waals surface area contributed by atoms with E-state index in [1.807, 2.05) is 6.07 Å². The van der Waals surface area contributed by atoms with Gasteiger partial charge in [-0.1, -0.05) is 6.07 Å². The van der Waals surface area contributed by atoms with Crippen LogP contribution in [-0.2, 0) is 16.0 Å². The number of rotatable bonds is 5. The average Bonchev–Trinajstić information content (AvgIpc) is 2.44. The predicted molar refractivity (Wildman–Crippen MR) is 88.7 cm³/mol. The highest BCUT2D eigenvalue weighted by Gasteiger charge is 2.26. The van der Waals surface area contributed by atoms with Crippen molar-refractivity contribution in [2.24, 2.45) is 0 Å². The Morgan fingerprint density at radius 3 is 2.54 bits per heavy atom. The summed E-state index contributed by atoms with van der Waals surface area (Å²) in [4.78, 5) is 33.9. The maximum absolute atomic E-state index is 11.8. The molecule has 0 aromatic heterocycles. The standard InChI is InChI=1S/C15H17N3O5S/c1-15(2,3)23-14(20)17-11(13(19)24)7-10-5-4-9(8-16)6-12(10)18(21)22/h4-6,11H,7H2,1-3H3,(H,17,20)(H,19,24). The molecule has 1 unspecified atom stereocenters. The zero-order valence-corrected chi connectivity index (χ0v) is 14.3. The van der Waals surface area contributed by atoms with Crippen molar-refractivity contribution in [3.05, 3.63) is 39.4 Å². The monoisotopic (exact) mass is 351 g/mol. The molecule has 1 N–H and O–H groups in total. The SMILES string of the molecule is CC(C)(C)OC(=O)NC(Cc1ccc(C#N)cc1[N+](=O)[O-])C(=O)S. The third-order valence-electron chi connectivity index (χ3n) is 2.82. The molecule has 0 aliphatic carbocycles. The molecule has 0 aliphatic heterocycles. The first kappa shape index (κ1) is 19.4. The molecule has 128 valence electrons. The molecule has 9 heteroatoms. The number of nitro groups is 1. The Labute approximate surface area is 144 Å². The molecule has 0 saturated carbocycles. The molecule has 0 saturated heterocycles. The minimum Gasteiger partial charge on any atom is -0.444 e. The Morgan fingerprint density at radius 1 is 1.46 bits per heavy atom. The van der Waals surface area contributed by atoms with Gasteiger partial charge in [-0.05, 0) is 26.8 Å². The molecule has 0 radical (unpaired) electrons. The van der Waals surface area contributed by atoms with E-state index in [1.54, 1.807) is 20.8 Å². The molecule has 0 spiro atoms. The van der Waals surface area contributed by atoms with Crippen LogP contribution in [0.15, 0.2) is 18.2 Å². The van der Waals surface area contributed by atoms with Crippen LogP contribution in [0.3, 0.4) is 0 Å². The molecule has 1 atom stereocenters. The van der Waals surface area contributed by atoms with E-state index < -0.39 is 27.8 Å². The largest absolute Gasteiger partial charge is 0.444 e. The summed E-state index contributed by atoms with van der Waals surface area (Å²) in [5, 5.41) is 21.6. The third-order valence-corrected chi connectivity index (χ3v) is 3.14. The molecule has 0 heterocycles. The number of ether oxygens (including phenoxy) is 1. The molecule has 0 fully saturated rings. The van der Waals surface area contributed by atoms with Gasteiger partial charge in [0.15, 0.2) is 0 Å². The van der Waals surface area contributed by atoms with E-state index in [9.17, 15) is 19.7 Å². The van der Waals surface area contributed by atoms with Gasteiger partial charge in [-0.15, -0.1) is 12.6 Å². The van der Waals surface area contributed by atoms with Crippen LogP contribution in [0.2, 0.25) is 0 Å². The fourth-order valence-corrected chi connectivity index (χ4v) is 2.00. The van der Waals surface area contributed by atoms with Crippen LogP contribution < -0.4 is 5.32 Å². The number of benzene rings is 1. The van der Waals surface area contributed by atoms with E-state index in [2.05, 4.69) is 17.9 Å². The van der Waals surface area contributed by atoms with Crippen molar-refractivity contribution in [1.29, 1.82) is 5.26 Å². The van der Waals surface area contributed by atoms with Gasteiger partial charge < -0.3 is 10.1 Å². The van der Waals surface area contributed by atoms with Gasteiger partial charge in [-0.2, -0.15) is 5.26 Å². The van der Waals surface area contributed by atoms with Crippen LogP contribution in [0, 0.1) is 21.4 Å².